The predicted molar refractivity (Wildman–Crippen MR) is 126 cm³/mol. The van der Waals surface area contributed by atoms with Crippen LogP contribution in [-0.2, 0) is 9.53 Å². The van der Waals surface area contributed by atoms with Gasteiger partial charge in [0.2, 0.25) is 5.95 Å². The Labute approximate surface area is 196 Å². The minimum atomic E-state index is -0.755. The highest BCUT2D eigenvalue weighted by molar-refractivity contribution is 6.34. The number of halogens is 2. The van der Waals surface area contributed by atoms with Gasteiger partial charge in [-0.15, -0.1) is 0 Å². The molecule has 0 aliphatic heterocycles. The highest BCUT2D eigenvalue weighted by Crippen LogP contribution is 2.25. The first-order valence-corrected chi connectivity index (χ1v) is 10.6. The van der Waals surface area contributed by atoms with Gasteiger partial charge in [0, 0.05) is 31.5 Å². The molecule has 0 aliphatic carbocycles. The van der Waals surface area contributed by atoms with Crippen LogP contribution in [0, 0.1) is 11.7 Å². The van der Waals surface area contributed by atoms with E-state index >= 15 is 0 Å². The molecular weight excluding hydrogens is 445 g/mol. The summed E-state index contributed by atoms with van der Waals surface area (Å²) in [6, 6.07) is 13.5. The molecular formula is C25H23ClFN3O3. The standard InChI is InChI=1S/C25H23ClFN3O3/c1-30(25-28-14-5-15-29-25)19-12-10-17(11-13-19)6-3-7-18(24(32)33-2)16-22(31)23-20(26)8-4-9-21(23)27/h3-6,8-15,18H,7,16H2,1-2H3/b6-3+. The van der Waals surface area contributed by atoms with Gasteiger partial charge in [-0.2, -0.15) is 0 Å². The van der Waals surface area contributed by atoms with Crippen molar-refractivity contribution in [1.82, 2.24) is 9.97 Å². The lowest BCUT2D eigenvalue weighted by Crippen LogP contribution is -2.20. The van der Waals surface area contributed by atoms with Crippen LogP contribution in [0.4, 0.5) is 16.0 Å². The number of methoxy groups -OCH3 is 1. The van der Waals surface area contributed by atoms with Gasteiger partial charge in [0.05, 0.1) is 23.6 Å². The van der Waals surface area contributed by atoms with Gasteiger partial charge in [-0.1, -0.05) is 42.0 Å². The van der Waals surface area contributed by atoms with E-state index in [9.17, 15) is 14.0 Å². The predicted octanol–water partition coefficient (Wildman–Crippen LogP) is 5.50. The normalized spacial score (nSPS) is 11.9. The minimum Gasteiger partial charge on any atom is -0.469 e. The molecule has 33 heavy (non-hydrogen) atoms. The van der Waals surface area contributed by atoms with E-state index in [1.165, 1.54) is 19.2 Å². The van der Waals surface area contributed by atoms with E-state index in [2.05, 4.69) is 9.97 Å². The first-order valence-electron chi connectivity index (χ1n) is 10.2. The number of carbonyl (C=O) groups is 2. The molecule has 0 amide bonds. The number of esters is 1. The number of aromatic nitrogens is 2. The molecule has 8 heteroatoms. The van der Waals surface area contributed by atoms with Crippen LogP contribution in [0.15, 0.2) is 67.0 Å². The number of ketones is 1. The number of carbonyl (C=O) groups excluding carboxylic acids is 2. The Balaban J connectivity index is 1.66. The molecule has 1 atom stereocenters. The molecule has 0 bridgehead atoms. The lowest BCUT2D eigenvalue weighted by Gasteiger charge is -2.16. The van der Waals surface area contributed by atoms with Crippen LogP contribution >= 0.6 is 11.6 Å². The van der Waals surface area contributed by atoms with Gasteiger partial charge in [-0.3, -0.25) is 9.59 Å². The van der Waals surface area contributed by atoms with Gasteiger partial charge in [-0.05, 0) is 42.3 Å². The number of allylic oxidation sites excluding steroid dienone is 1. The van der Waals surface area contributed by atoms with Crippen LogP contribution in [0.25, 0.3) is 6.08 Å². The van der Waals surface area contributed by atoms with E-state index in [1.54, 1.807) is 24.5 Å². The quantitative estimate of drug-likeness (QED) is 0.305. The fraction of sp³-hybridized carbons (Fsp3) is 0.200. The molecule has 3 rings (SSSR count). The number of hydrogen-bond donors (Lipinski definition) is 0. The van der Waals surface area contributed by atoms with E-state index in [-0.39, 0.29) is 23.4 Å². The molecule has 6 nitrogen and oxygen atoms in total. The number of anilines is 2. The van der Waals surface area contributed by atoms with Crippen molar-refractivity contribution in [2.75, 3.05) is 19.1 Å². The Bertz CT molecular complexity index is 1120. The van der Waals surface area contributed by atoms with E-state index in [0.717, 1.165) is 17.3 Å². The van der Waals surface area contributed by atoms with Gasteiger partial charge in [-0.25, -0.2) is 14.4 Å². The second kappa shape index (κ2) is 11.3. The molecule has 0 fully saturated rings. The fourth-order valence-electron chi connectivity index (χ4n) is 3.28. The Kier molecular flexibility index (Phi) is 8.27. The van der Waals surface area contributed by atoms with Crippen molar-refractivity contribution in [1.29, 1.82) is 0 Å². The minimum absolute atomic E-state index is 0.0186. The van der Waals surface area contributed by atoms with E-state index in [0.29, 0.717) is 5.95 Å². The maximum atomic E-state index is 14.1. The average Bonchev–Trinajstić information content (AvgIpc) is 2.83. The molecule has 1 aromatic heterocycles. The molecule has 0 radical (unpaired) electrons. The van der Waals surface area contributed by atoms with Crippen molar-refractivity contribution in [2.45, 2.75) is 12.8 Å². The molecule has 0 aliphatic rings. The molecule has 0 spiro atoms. The zero-order chi connectivity index (χ0) is 23.8. The third kappa shape index (κ3) is 6.23. The average molecular weight is 468 g/mol. The van der Waals surface area contributed by atoms with Crippen molar-refractivity contribution < 1.29 is 18.7 Å². The second-order valence-corrected chi connectivity index (χ2v) is 7.69. The van der Waals surface area contributed by atoms with Crippen molar-refractivity contribution in [3.63, 3.8) is 0 Å². The molecule has 0 saturated heterocycles. The van der Waals surface area contributed by atoms with Crippen LogP contribution in [0.5, 0.6) is 0 Å². The lowest BCUT2D eigenvalue weighted by molar-refractivity contribution is -0.145. The van der Waals surface area contributed by atoms with Crippen molar-refractivity contribution in [3.05, 3.63) is 89.0 Å². The SMILES string of the molecule is COC(=O)C(C/C=C/c1ccc(N(C)c2ncccn2)cc1)CC(=O)c1c(F)cccc1Cl. The zero-order valence-corrected chi connectivity index (χ0v) is 19.0. The summed E-state index contributed by atoms with van der Waals surface area (Å²) >= 11 is 5.98. The number of benzene rings is 2. The first-order chi connectivity index (χ1) is 15.9. The summed E-state index contributed by atoms with van der Waals surface area (Å²) in [6.07, 6.45) is 7.04. The summed E-state index contributed by atoms with van der Waals surface area (Å²) in [7, 11) is 3.13. The number of Topliss-reactive ketones (excluding diaryl/α,β-unsaturated/α-hetero) is 1. The van der Waals surface area contributed by atoms with Crippen LogP contribution < -0.4 is 4.90 Å². The molecule has 2 aromatic carbocycles. The van der Waals surface area contributed by atoms with Crippen LogP contribution in [0.3, 0.4) is 0 Å². The highest BCUT2D eigenvalue weighted by atomic mass is 35.5. The summed E-state index contributed by atoms with van der Waals surface area (Å²) in [6.45, 7) is 0. The Hall–Kier alpha value is -3.58. The topological polar surface area (TPSA) is 72.4 Å². The number of nitrogens with zero attached hydrogens (tertiary/aromatic N) is 3. The van der Waals surface area contributed by atoms with E-state index in [4.69, 9.17) is 16.3 Å². The monoisotopic (exact) mass is 467 g/mol. The van der Waals surface area contributed by atoms with Gasteiger partial charge in [0.25, 0.3) is 0 Å². The van der Waals surface area contributed by atoms with Gasteiger partial charge >= 0.3 is 5.97 Å². The zero-order valence-electron chi connectivity index (χ0n) is 18.2. The Morgan fingerprint density at radius 1 is 1.12 bits per heavy atom. The number of hydrogen-bond acceptors (Lipinski definition) is 6. The maximum absolute atomic E-state index is 14.1. The number of ether oxygens (including phenoxy) is 1. The third-order valence-electron chi connectivity index (χ3n) is 5.07. The summed E-state index contributed by atoms with van der Waals surface area (Å²) in [5.41, 5.74) is 1.62. The molecule has 1 unspecified atom stereocenters. The summed E-state index contributed by atoms with van der Waals surface area (Å²) in [5.74, 6) is -1.97. The van der Waals surface area contributed by atoms with Crippen LogP contribution in [0.2, 0.25) is 5.02 Å². The Morgan fingerprint density at radius 2 is 1.82 bits per heavy atom. The lowest BCUT2D eigenvalue weighted by atomic mass is 9.94. The largest absolute Gasteiger partial charge is 0.469 e. The molecule has 3 aromatic rings. The molecule has 0 saturated carbocycles. The summed E-state index contributed by atoms with van der Waals surface area (Å²) < 4.78 is 18.9. The first kappa shape index (κ1) is 24.1. The fourth-order valence-corrected chi connectivity index (χ4v) is 3.55. The maximum Gasteiger partial charge on any atom is 0.309 e. The summed E-state index contributed by atoms with van der Waals surface area (Å²) in [5, 5.41) is 0.0186. The Morgan fingerprint density at radius 3 is 2.45 bits per heavy atom. The smallest absolute Gasteiger partial charge is 0.309 e. The second-order valence-electron chi connectivity index (χ2n) is 7.28. The van der Waals surface area contributed by atoms with E-state index in [1.807, 2.05) is 42.3 Å². The van der Waals surface area contributed by atoms with Crippen LogP contribution in [-0.4, -0.2) is 35.9 Å². The molecule has 170 valence electrons. The summed E-state index contributed by atoms with van der Waals surface area (Å²) in [4.78, 5) is 35.1. The van der Waals surface area contributed by atoms with E-state index < -0.39 is 23.5 Å². The van der Waals surface area contributed by atoms with Crippen LogP contribution in [0.1, 0.15) is 28.8 Å². The molecule has 1 heterocycles. The third-order valence-corrected chi connectivity index (χ3v) is 5.39. The van der Waals surface area contributed by atoms with Gasteiger partial charge in [0.1, 0.15) is 5.82 Å². The van der Waals surface area contributed by atoms with Gasteiger partial charge < -0.3 is 9.64 Å². The molecule has 0 N–H and O–H groups in total. The van der Waals surface area contributed by atoms with Crippen molar-refractivity contribution in [2.24, 2.45) is 5.92 Å². The highest BCUT2D eigenvalue weighted by Gasteiger charge is 2.25. The van der Waals surface area contributed by atoms with Gasteiger partial charge in [0.15, 0.2) is 5.78 Å². The van der Waals surface area contributed by atoms with Crippen molar-refractivity contribution in [3.8, 4) is 0 Å². The van der Waals surface area contributed by atoms with Crippen molar-refractivity contribution >= 4 is 41.1 Å². The number of rotatable bonds is 9.